The molecule has 2 aromatic carbocycles. The van der Waals surface area contributed by atoms with Gasteiger partial charge in [-0.05, 0) is 37.6 Å². The molecule has 160 valence electrons. The number of ether oxygens (including phenoxy) is 2. The Balaban J connectivity index is 1.83. The monoisotopic (exact) mass is 436 g/mol. The lowest BCUT2D eigenvalue weighted by Gasteiger charge is -2.19. The highest BCUT2D eigenvalue weighted by atomic mass is 32.1. The molecule has 8 heteroatoms. The van der Waals surface area contributed by atoms with Crippen molar-refractivity contribution < 1.29 is 14.3 Å². The summed E-state index contributed by atoms with van der Waals surface area (Å²) in [6, 6.07) is 15.3. The van der Waals surface area contributed by atoms with Crippen molar-refractivity contribution in [2.24, 2.45) is 0 Å². The number of anilines is 1. The van der Waals surface area contributed by atoms with Crippen LogP contribution in [0.2, 0.25) is 0 Å². The summed E-state index contributed by atoms with van der Waals surface area (Å²) in [5.74, 6) is 1.13. The van der Waals surface area contributed by atoms with Gasteiger partial charge >= 0.3 is 0 Å². The molecule has 0 aliphatic heterocycles. The molecule has 0 unspecified atom stereocenters. The zero-order chi connectivity index (χ0) is 22.0. The molecule has 0 atom stereocenters. The van der Waals surface area contributed by atoms with Crippen molar-refractivity contribution in [2.45, 2.75) is 26.9 Å². The highest BCUT2D eigenvalue weighted by molar-refractivity contribution is 7.22. The fraction of sp³-hybridized carbons (Fsp3) is 0.261. The number of rotatable bonds is 7. The van der Waals surface area contributed by atoms with Gasteiger partial charge in [0.2, 0.25) is 0 Å². The number of carbonyl (C=O) groups is 1. The normalized spacial score (nSPS) is 11.0. The molecule has 4 rings (SSSR count). The second-order valence-corrected chi connectivity index (χ2v) is 7.99. The number of aromatic nitrogens is 3. The van der Waals surface area contributed by atoms with Gasteiger partial charge in [0, 0.05) is 12.2 Å². The lowest BCUT2D eigenvalue weighted by atomic mass is 10.2. The van der Waals surface area contributed by atoms with Gasteiger partial charge in [0.05, 0.1) is 20.8 Å². The van der Waals surface area contributed by atoms with E-state index in [2.05, 4.69) is 5.10 Å². The van der Waals surface area contributed by atoms with Crippen LogP contribution in [0.3, 0.4) is 0 Å². The molecular weight excluding hydrogens is 412 g/mol. The Morgan fingerprint density at radius 1 is 1.10 bits per heavy atom. The maximum atomic E-state index is 13.6. The number of thiazole rings is 1. The summed E-state index contributed by atoms with van der Waals surface area (Å²) in [6.45, 7) is 5.03. The van der Waals surface area contributed by atoms with Crippen LogP contribution in [0.4, 0.5) is 5.13 Å². The van der Waals surface area contributed by atoms with Gasteiger partial charge in [0.25, 0.3) is 5.91 Å². The number of hydrogen-bond donors (Lipinski definition) is 0. The predicted octanol–water partition coefficient (Wildman–Crippen LogP) is 4.69. The Morgan fingerprint density at radius 3 is 2.45 bits per heavy atom. The van der Waals surface area contributed by atoms with Crippen molar-refractivity contribution in [2.75, 3.05) is 19.1 Å². The summed E-state index contributed by atoms with van der Waals surface area (Å²) in [5.41, 5.74) is 3.01. The van der Waals surface area contributed by atoms with E-state index >= 15 is 0 Å². The van der Waals surface area contributed by atoms with E-state index in [0.717, 1.165) is 16.0 Å². The van der Waals surface area contributed by atoms with Crippen molar-refractivity contribution >= 4 is 32.6 Å². The van der Waals surface area contributed by atoms with Crippen LogP contribution in [-0.4, -0.2) is 34.9 Å². The van der Waals surface area contributed by atoms with Gasteiger partial charge in [0.1, 0.15) is 21.7 Å². The van der Waals surface area contributed by atoms with Crippen LogP contribution in [0.25, 0.3) is 10.2 Å². The summed E-state index contributed by atoms with van der Waals surface area (Å²) in [6.07, 6.45) is 0. The Morgan fingerprint density at radius 2 is 1.81 bits per heavy atom. The molecule has 1 amide bonds. The van der Waals surface area contributed by atoms with Crippen LogP contribution >= 0.6 is 11.3 Å². The fourth-order valence-corrected chi connectivity index (χ4v) is 4.53. The lowest BCUT2D eigenvalue weighted by Crippen LogP contribution is -2.30. The van der Waals surface area contributed by atoms with Gasteiger partial charge in [-0.3, -0.25) is 14.4 Å². The number of carbonyl (C=O) groups excluding carboxylic acids is 1. The van der Waals surface area contributed by atoms with Crippen molar-refractivity contribution in [3.63, 3.8) is 0 Å². The van der Waals surface area contributed by atoms with Crippen LogP contribution in [0.5, 0.6) is 11.5 Å². The van der Waals surface area contributed by atoms with Crippen LogP contribution in [0.1, 0.15) is 28.7 Å². The summed E-state index contributed by atoms with van der Waals surface area (Å²) < 4.78 is 13.6. The minimum atomic E-state index is -0.198. The van der Waals surface area contributed by atoms with E-state index in [9.17, 15) is 4.79 Å². The largest absolute Gasteiger partial charge is 0.495 e. The molecule has 2 aromatic heterocycles. The third-order valence-electron chi connectivity index (χ3n) is 5.06. The van der Waals surface area contributed by atoms with Crippen LogP contribution in [-0.2, 0) is 13.1 Å². The molecule has 0 aliphatic rings. The molecule has 4 aromatic rings. The lowest BCUT2D eigenvalue weighted by molar-refractivity contribution is 0.0979. The second kappa shape index (κ2) is 8.77. The van der Waals surface area contributed by atoms with E-state index in [1.54, 1.807) is 19.1 Å². The molecule has 0 fully saturated rings. The van der Waals surface area contributed by atoms with Crippen molar-refractivity contribution in [1.82, 2.24) is 14.8 Å². The number of amides is 1. The number of nitrogens with zero attached hydrogens (tertiary/aromatic N) is 4. The molecule has 0 spiro atoms. The minimum Gasteiger partial charge on any atom is -0.495 e. The molecule has 0 aliphatic carbocycles. The summed E-state index contributed by atoms with van der Waals surface area (Å²) in [4.78, 5) is 20.0. The van der Waals surface area contributed by atoms with E-state index in [-0.39, 0.29) is 5.91 Å². The molecule has 0 radical (unpaired) electrons. The van der Waals surface area contributed by atoms with Crippen LogP contribution in [0.15, 0.2) is 48.5 Å². The third kappa shape index (κ3) is 3.98. The van der Waals surface area contributed by atoms with Crippen LogP contribution < -0.4 is 14.4 Å². The van der Waals surface area contributed by atoms with E-state index in [1.165, 1.54) is 11.3 Å². The van der Waals surface area contributed by atoms with Gasteiger partial charge in [-0.2, -0.15) is 5.10 Å². The SMILES string of the molecule is CCn1nc(C(=O)N(Cc2ccccc2)c2nc3c(OC)ccc(OC)c3s2)cc1C. The Kier molecular flexibility index (Phi) is 5.90. The average molecular weight is 437 g/mol. The first-order chi connectivity index (χ1) is 15.0. The molecule has 2 heterocycles. The quantitative estimate of drug-likeness (QED) is 0.421. The zero-order valence-corrected chi connectivity index (χ0v) is 18.8. The van der Waals surface area contributed by atoms with Gasteiger partial charge in [-0.25, -0.2) is 4.98 Å². The van der Waals surface area contributed by atoms with E-state index in [1.807, 2.05) is 67.1 Å². The minimum absolute atomic E-state index is 0.198. The van der Waals surface area contributed by atoms with Gasteiger partial charge in [-0.1, -0.05) is 41.7 Å². The number of aryl methyl sites for hydroxylation is 2. The first kappa shape index (κ1) is 20.9. The number of methoxy groups -OCH3 is 2. The molecule has 0 N–H and O–H groups in total. The maximum absolute atomic E-state index is 13.6. The number of fused-ring (bicyclic) bond motifs is 1. The Hall–Kier alpha value is -3.39. The molecular formula is C23H24N4O3S. The molecule has 0 saturated carbocycles. The van der Waals surface area contributed by atoms with Crippen molar-refractivity contribution in [1.29, 1.82) is 0 Å². The molecule has 0 bridgehead atoms. The molecule has 0 saturated heterocycles. The Labute approximate surface area is 184 Å². The van der Waals surface area contributed by atoms with E-state index < -0.39 is 0 Å². The van der Waals surface area contributed by atoms with E-state index in [4.69, 9.17) is 14.5 Å². The first-order valence-corrected chi connectivity index (χ1v) is 10.8. The summed E-state index contributed by atoms with van der Waals surface area (Å²) in [5, 5.41) is 5.06. The van der Waals surface area contributed by atoms with Crippen molar-refractivity contribution in [3.8, 4) is 11.5 Å². The number of benzene rings is 2. The molecule has 7 nitrogen and oxygen atoms in total. The Bertz CT molecular complexity index is 1180. The third-order valence-corrected chi connectivity index (χ3v) is 6.15. The standard InChI is InChI=1S/C23H24N4O3S/c1-5-27-15(2)13-17(25-27)22(28)26(14-16-9-7-6-8-10-16)23-24-20-18(29-3)11-12-19(30-4)21(20)31-23/h6-13H,5,14H2,1-4H3. The first-order valence-electron chi connectivity index (χ1n) is 9.97. The second-order valence-electron chi connectivity index (χ2n) is 7.01. The zero-order valence-electron chi connectivity index (χ0n) is 18.0. The highest BCUT2D eigenvalue weighted by Gasteiger charge is 2.26. The smallest absolute Gasteiger partial charge is 0.280 e. The van der Waals surface area contributed by atoms with E-state index in [0.29, 0.717) is 40.9 Å². The summed E-state index contributed by atoms with van der Waals surface area (Å²) in [7, 11) is 3.22. The maximum Gasteiger partial charge on any atom is 0.280 e. The topological polar surface area (TPSA) is 69.5 Å². The van der Waals surface area contributed by atoms with Gasteiger partial charge in [-0.15, -0.1) is 0 Å². The highest BCUT2D eigenvalue weighted by Crippen LogP contribution is 2.40. The van der Waals surface area contributed by atoms with Gasteiger partial charge < -0.3 is 9.47 Å². The molecule has 31 heavy (non-hydrogen) atoms. The summed E-state index contributed by atoms with van der Waals surface area (Å²) >= 11 is 1.40. The predicted molar refractivity (Wildman–Crippen MR) is 122 cm³/mol. The van der Waals surface area contributed by atoms with Crippen LogP contribution in [0, 0.1) is 6.92 Å². The van der Waals surface area contributed by atoms with Gasteiger partial charge in [0.15, 0.2) is 10.8 Å². The number of hydrogen-bond acceptors (Lipinski definition) is 6. The fourth-order valence-electron chi connectivity index (χ4n) is 3.46. The average Bonchev–Trinajstić information content (AvgIpc) is 3.40. The van der Waals surface area contributed by atoms with Crippen molar-refractivity contribution in [3.05, 3.63) is 65.5 Å².